The molecule has 0 fully saturated rings. The fraction of sp³-hybridized carbons (Fsp3) is 0.278. The summed E-state index contributed by atoms with van der Waals surface area (Å²) in [6.07, 6.45) is 1.39. The summed E-state index contributed by atoms with van der Waals surface area (Å²) >= 11 is 5.94. The summed E-state index contributed by atoms with van der Waals surface area (Å²) < 4.78 is 25.3. The minimum atomic E-state index is -3.47. The molecule has 2 rings (SSSR count). The van der Waals surface area contributed by atoms with E-state index in [4.69, 9.17) is 11.6 Å². The molecule has 0 aliphatic heterocycles. The Morgan fingerprint density at radius 1 is 1.16 bits per heavy atom. The maximum atomic E-state index is 12.1. The van der Waals surface area contributed by atoms with Gasteiger partial charge in [-0.15, -0.1) is 0 Å². The van der Waals surface area contributed by atoms with Crippen molar-refractivity contribution in [3.8, 4) is 0 Å². The van der Waals surface area contributed by atoms with Gasteiger partial charge in [0.1, 0.15) is 0 Å². The number of rotatable bonds is 7. The van der Waals surface area contributed by atoms with E-state index < -0.39 is 10.0 Å². The van der Waals surface area contributed by atoms with E-state index >= 15 is 0 Å². The summed E-state index contributed by atoms with van der Waals surface area (Å²) in [5, 5.41) is 3.22. The minimum absolute atomic E-state index is 0.138. The lowest BCUT2D eigenvalue weighted by molar-refractivity contribution is -0.120. The van der Waals surface area contributed by atoms with Crippen molar-refractivity contribution in [2.75, 3.05) is 23.7 Å². The third-order valence-electron chi connectivity index (χ3n) is 3.75. The summed E-state index contributed by atoms with van der Waals surface area (Å²) in [7, 11) is -3.47. The van der Waals surface area contributed by atoms with Gasteiger partial charge in [-0.3, -0.25) is 9.10 Å². The summed E-state index contributed by atoms with van der Waals surface area (Å²) in [5.41, 5.74) is 2.48. The topological polar surface area (TPSA) is 66.5 Å². The molecule has 5 nitrogen and oxygen atoms in total. The van der Waals surface area contributed by atoms with Gasteiger partial charge in [-0.05, 0) is 36.2 Å². The first-order valence-electron chi connectivity index (χ1n) is 7.82. The number of sulfonamides is 1. The fourth-order valence-electron chi connectivity index (χ4n) is 2.46. The second-order valence-corrected chi connectivity index (χ2v) is 8.11. The van der Waals surface area contributed by atoms with Crippen LogP contribution in [0.3, 0.4) is 0 Å². The molecular weight excluding hydrogens is 360 g/mol. The van der Waals surface area contributed by atoms with Crippen molar-refractivity contribution in [2.24, 2.45) is 0 Å². The van der Waals surface area contributed by atoms with Gasteiger partial charge in [-0.1, -0.05) is 41.9 Å². The third-order valence-corrected chi connectivity index (χ3v) is 5.17. The average molecular weight is 381 g/mol. The van der Waals surface area contributed by atoms with Crippen LogP contribution in [-0.4, -0.2) is 33.7 Å². The molecule has 7 heteroatoms. The van der Waals surface area contributed by atoms with Crippen LogP contribution in [0.1, 0.15) is 11.1 Å². The predicted octanol–water partition coefficient (Wildman–Crippen LogP) is 2.77. The lowest BCUT2D eigenvalue weighted by Crippen LogP contribution is -2.38. The number of nitrogens with one attached hydrogen (secondary N) is 1. The van der Waals surface area contributed by atoms with Crippen LogP contribution in [0.5, 0.6) is 0 Å². The van der Waals surface area contributed by atoms with E-state index in [9.17, 15) is 13.2 Å². The molecule has 1 N–H and O–H groups in total. The number of benzene rings is 2. The monoisotopic (exact) mass is 380 g/mol. The van der Waals surface area contributed by atoms with E-state index in [-0.39, 0.29) is 25.4 Å². The molecule has 134 valence electrons. The zero-order valence-electron chi connectivity index (χ0n) is 14.2. The first-order chi connectivity index (χ1) is 11.8. The molecule has 0 aromatic heterocycles. The highest BCUT2D eigenvalue weighted by molar-refractivity contribution is 7.92. The standard InChI is InChI=1S/C18H21ClN2O3S/c1-14-6-3-4-7-15(14)12-18(22)20-10-11-21(25(2,23)24)17-9-5-8-16(19)13-17/h3-9,13H,10-12H2,1-2H3,(H,20,22). The molecule has 0 aliphatic rings. The summed E-state index contributed by atoms with van der Waals surface area (Å²) in [4.78, 5) is 12.1. The number of carbonyl (C=O) groups excluding carboxylic acids is 1. The quantitative estimate of drug-likeness (QED) is 0.803. The molecule has 0 aliphatic carbocycles. The van der Waals surface area contributed by atoms with E-state index in [0.29, 0.717) is 10.7 Å². The predicted molar refractivity (Wildman–Crippen MR) is 102 cm³/mol. The molecule has 0 unspecified atom stereocenters. The Labute approximate surface area is 153 Å². The van der Waals surface area contributed by atoms with Crippen LogP contribution in [0.15, 0.2) is 48.5 Å². The number of nitrogens with zero attached hydrogens (tertiary/aromatic N) is 1. The Morgan fingerprint density at radius 3 is 2.52 bits per heavy atom. The van der Waals surface area contributed by atoms with Crippen LogP contribution in [0.25, 0.3) is 0 Å². The van der Waals surface area contributed by atoms with Gasteiger partial charge in [-0.2, -0.15) is 0 Å². The van der Waals surface area contributed by atoms with Gasteiger partial charge in [0.2, 0.25) is 15.9 Å². The number of hydrogen-bond acceptors (Lipinski definition) is 3. The van der Waals surface area contributed by atoms with Crippen molar-refractivity contribution >= 4 is 33.2 Å². The van der Waals surface area contributed by atoms with Crippen LogP contribution in [0.2, 0.25) is 5.02 Å². The lowest BCUT2D eigenvalue weighted by atomic mass is 10.1. The largest absolute Gasteiger partial charge is 0.354 e. The van der Waals surface area contributed by atoms with Crippen molar-refractivity contribution in [2.45, 2.75) is 13.3 Å². The summed E-state index contributed by atoms with van der Waals surface area (Å²) in [6, 6.07) is 14.3. The molecule has 0 spiro atoms. The van der Waals surface area contributed by atoms with E-state index in [1.165, 1.54) is 4.31 Å². The number of halogens is 1. The highest BCUT2D eigenvalue weighted by atomic mass is 35.5. The normalized spacial score (nSPS) is 11.2. The van der Waals surface area contributed by atoms with E-state index in [1.807, 2.05) is 31.2 Å². The lowest BCUT2D eigenvalue weighted by Gasteiger charge is -2.22. The minimum Gasteiger partial charge on any atom is -0.354 e. The zero-order chi connectivity index (χ0) is 18.4. The molecule has 1 amide bonds. The van der Waals surface area contributed by atoms with Crippen LogP contribution in [0, 0.1) is 6.92 Å². The van der Waals surface area contributed by atoms with Gasteiger partial charge < -0.3 is 5.32 Å². The SMILES string of the molecule is Cc1ccccc1CC(=O)NCCN(c1cccc(Cl)c1)S(C)(=O)=O. The highest BCUT2D eigenvalue weighted by Crippen LogP contribution is 2.21. The Morgan fingerprint density at radius 2 is 1.88 bits per heavy atom. The first kappa shape index (κ1) is 19.3. The molecule has 2 aromatic carbocycles. The summed E-state index contributed by atoms with van der Waals surface area (Å²) in [5.74, 6) is -0.145. The number of carbonyl (C=O) groups is 1. The van der Waals surface area contributed by atoms with Gasteiger partial charge >= 0.3 is 0 Å². The van der Waals surface area contributed by atoms with Crippen LogP contribution < -0.4 is 9.62 Å². The van der Waals surface area contributed by atoms with Gasteiger partial charge in [0.25, 0.3) is 0 Å². The van der Waals surface area contributed by atoms with Crippen molar-refractivity contribution in [1.82, 2.24) is 5.32 Å². The van der Waals surface area contributed by atoms with Crippen molar-refractivity contribution < 1.29 is 13.2 Å². The molecule has 0 heterocycles. The zero-order valence-corrected chi connectivity index (χ0v) is 15.8. The number of anilines is 1. The Balaban J connectivity index is 1.97. The average Bonchev–Trinajstić information content (AvgIpc) is 2.52. The second-order valence-electron chi connectivity index (χ2n) is 5.77. The fourth-order valence-corrected chi connectivity index (χ4v) is 3.56. The maximum Gasteiger partial charge on any atom is 0.232 e. The Hall–Kier alpha value is -2.05. The van der Waals surface area contributed by atoms with Crippen LogP contribution in [0.4, 0.5) is 5.69 Å². The molecule has 0 radical (unpaired) electrons. The van der Waals surface area contributed by atoms with Gasteiger partial charge in [0, 0.05) is 11.6 Å². The number of amides is 1. The second kappa shape index (κ2) is 8.36. The van der Waals surface area contributed by atoms with Gasteiger partial charge in [-0.25, -0.2) is 8.42 Å². The van der Waals surface area contributed by atoms with Crippen molar-refractivity contribution in [3.05, 3.63) is 64.7 Å². The molecular formula is C18H21ClN2O3S. The molecule has 0 bridgehead atoms. The van der Waals surface area contributed by atoms with E-state index in [0.717, 1.165) is 17.4 Å². The van der Waals surface area contributed by atoms with Gasteiger partial charge in [0.05, 0.1) is 24.9 Å². The smallest absolute Gasteiger partial charge is 0.232 e. The molecule has 0 saturated heterocycles. The Kier molecular flexibility index (Phi) is 6.45. The highest BCUT2D eigenvalue weighted by Gasteiger charge is 2.17. The Bertz CT molecular complexity index is 853. The molecule has 0 atom stereocenters. The van der Waals surface area contributed by atoms with Crippen molar-refractivity contribution in [1.29, 1.82) is 0 Å². The summed E-state index contributed by atoms with van der Waals surface area (Å²) in [6.45, 7) is 2.30. The van der Waals surface area contributed by atoms with Crippen LogP contribution >= 0.6 is 11.6 Å². The first-order valence-corrected chi connectivity index (χ1v) is 10.0. The molecule has 0 saturated carbocycles. The number of aryl methyl sites for hydroxylation is 1. The third kappa shape index (κ3) is 5.76. The van der Waals surface area contributed by atoms with E-state index in [1.54, 1.807) is 24.3 Å². The molecule has 2 aromatic rings. The van der Waals surface area contributed by atoms with Crippen molar-refractivity contribution in [3.63, 3.8) is 0 Å². The molecule has 25 heavy (non-hydrogen) atoms. The number of hydrogen-bond donors (Lipinski definition) is 1. The van der Waals surface area contributed by atoms with Crippen LogP contribution in [-0.2, 0) is 21.2 Å². The van der Waals surface area contributed by atoms with E-state index in [2.05, 4.69) is 5.32 Å². The maximum absolute atomic E-state index is 12.1. The van der Waals surface area contributed by atoms with Gasteiger partial charge in [0.15, 0.2) is 0 Å².